The molecule has 2 heterocycles. The highest BCUT2D eigenvalue weighted by Gasteiger charge is 2.32. The molecule has 2 fully saturated rings. The van der Waals surface area contributed by atoms with E-state index in [9.17, 15) is 0 Å². The number of rotatable bonds is 4. The van der Waals surface area contributed by atoms with E-state index in [2.05, 4.69) is 35.3 Å². The Bertz CT molecular complexity index is 432. The van der Waals surface area contributed by atoms with E-state index < -0.39 is 0 Å². The van der Waals surface area contributed by atoms with E-state index in [1.807, 2.05) is 0 Å². The molecule has 2 aliphatic rings. The van der Waals surface area contributed by atoms with E-state index in [-0.39, 0.29) is 0 Å². The van der Waals surface area contributed by atoms with Crippen molar-refractivity contribution < 1.29 is 4.74 Å². The molecule has 0 spiro atoms. The third-order valence-corrected chi connectivity index (χ3v) is 4.77. The summed E-state index contributed by atoms with van der Waals surface area (Å²) in [6.07, 6.45) is 5.30. The lowest BCUT2D eigenvalue weighted by Gasteiger charge is -2.33. The zero-order valence-corrected chi connectivity index (χ0v) is 12.7. The number of likely N-dealkylation sites (tertiary alicyclic amines) is 1. The predicted molar refractivity (Wildman–Crippen MR) is 82.3 cm³/mol. The topological polar surface area (TPSA) is 24.5 Å². The number of hydrogen-bond acceptors (Lipinski definition) is 3. The van der Waals surface area contributed by atoms with Gasteiger partial charge in [0.05, 0.1) is 13.2 Å². The first-order valence-corrected chi connectivity index (χ1v) is 7.91. The highest BCUT2D eigenvalue weighted by Crippen LogP contribution is 2.33. The first-order valence-electron chi connectivity index (χ1n) is 7.91. The molecule has 0 saturated carbocycles. The van der Waals surface area contributed by atoms with Crippen LogP contribution in [0.5, 0.6) is 5.75 Å². The van der Waals surface area contributed by atoms with Crippen LogP contribution in [0.4, 0.5) is 0 Å². The summed E-state index contributed by atoms with van der Waals surface area (Å²) in [5.41, 5.74) is 2.69. The van der Waals surface area contributed by atoms with Crippen LogP contribution in [0, 0.1) is 6.92 Å². The van der Waals surface area contributed by atoms with E-state index in [1.54, 1.807) is 7.11 Å². The third kappa shape index (κ3) is 2.70. The van der Waals surface area contributed by atoms with Crippen LogP contribution in [0.3, 0.4) is 0 Å². The van der Waals surface area contributed by atoms with Gasteiger partial charge in [-0.05, 0) is 69.4 Å². The fourth-order valence-electron chi connectivity index (χ4n) is 3.78. The zero-order valence-electron chi connectivity index (χ0n) is 12.7. The standard InChI is InChI=1S/C17H26N2O/c1-13-12-14(7-8-16(13)20-2)17(15-6-5-9-18-15)19-10-3-4-11-19/h7-8,12,15,17-18H,3-6,9-11H2,1-2H3. The molecule has 3 nitrogen and oxygen atoms in total. The van der Waals surface area contributed by atoms with Crippen LogP contribution in [-0.4, -0.2) is 37.7 Å². The summed E-state index contributed by atoms with van der Waals surface area (Å²) in [4.78, 5) is 2.67. The molecule has 3 rings (SSSR count). The van der Waals surface area contributed by atoms with Gasteiger partial charge in [-0.25, -0.2) is 0 Å². The summed E-state index contributed by atoms with van der Waals surface area (Å²) in [6, 6.07) is 7.85. The van der Waals surface area contributed by atoms with E-state index in [4.69, 9.17) is 4.74 Å². The van der Waals surface area contributed by atoms with Crippen molar-refractivity contribution in [2.24, 2.45) is 0 Å². The van der Waals surface area contributed by atoms with Gasteiger partial charge in [0.15, 0.2) is 0 Å². The highest BCUT2D eigenvalue weighted by atomic mass is 16.5. The summed E-state index contributed by atoms with van der Waals surface area (Å²) >= 11 is 0. The second kappa shape index (κ2) is 6.15. The Kier molecular flexibility index (Phi) is 4.27. The fourth-order valence-corrected chi connectivity index (χ4v) is 3.78. The molecular formula is C17H26N2O. The van der Waals surface area contributed by atoms with Crippen molar-refractivity contribution >= 4 is 0 Å². The monoisotopic (exact) mass is 274 g/mol. The van der Waals surface area contributed by atoms with Gasteiger partial charge < -0.3 is 10.1 Å². The molecule has 3 heteroatoms. The first kappa shape index (κ1) is 13.9. The number of nitrogens with zero attached hydrogens (tertiary/aromatic N) is 1. The van der Waals surface area contributed by atoms with Gasteiger partial charge in [-0.1, -0.05) is 12.1 Å². The summed E-state index contributed by atoms with van der Waals surface area (Å²) in [6.45, 7) is 5.80. The van der Waals surface area contributed by atoms with Crippen molar-refractivity contribution in [2.75, 3.05) is 26.7 Å². The van der Waals surface area contributed by atoms with Crippen molar-refractivity contribution in [2.45, 2.75) is 44.7 Å². The Hall–Kier alpha value is -1.06. The Morgan fingerprint density at radius 1 is 1.25 bits per heavy atom. The van der Waals surface area contributed by atoms with Gasteiger partial charge in [0.2, 0.25) is 0 Å². The van der Waals surface area contributed by atoms with Gasteiger partial charge in [0, 0.05) is 6.04 Å². The van der Waals surface area contributed by atoms with Crippen LogP contribution < -0.4 is 10.1 Å². The van der Waals surface area contributed by atoms with Crippen LogP contribution >= 0.6 is 0 Å². The number of aryl methyl sites for hydroxylation is 1. The van der Waals surface area contributed by atoms with Crippen LogP contribution in [0.1, 0.15) is 42.9 Å². The molecule has 2 aliphatic heterocycles. The van der Waals surface area contributed by atoms with E-state index >= 15 is 0 Å². The van der Waals surface area contributed by atoms with Crippen LogP contribution in [0.25, 0.3) is 0 Å². The highest BCUT2D eigenvalue weighted by molar-refractivity contribution is 5.38. The molecule has 1 N–H and O–H groups in total. The summed E-state index contributed by atoms with van der Waals surface area (Å²) < 4.78 is 5.40. The second-order valence-corrected chi connectivity index (χ2v) is 6.12. The Morgan fingerprint density at radius 2 is 2.05 bits per heavy atom. The van der Waals surface area contributed by atoms with Crippen molar-refractivity contribution in [3.8, 4) is 5.75 Å². The molecular weight excluding hydrogens is 248 g/mol. The fraction of sp³-hybridized carbons (Fsp3) is 0.647. The van der Waals surface area contributed by atoms with Gasteiger partial charge in [-0.15, -0.1) is 0 Å². The minimum absolute atomic E-state index is 0.532. The van der Waals surface area contributed by atoms with E-state index in [0.717, 1.165) is 5.75 Å². The minimum Gasteiger partial charge on any atom is -0.496 e. The van der Waals surface area contributed by atoms with Gasteiger partial charge in [0.1, 0.15) is 5.75 Å². The Balaban J connectivity index is 1.89. The maximum absolute atomic E-state index is 5.40. The third-order valence-electron chi connectivity index (χ3n) is 4.77. The molecule has 2 saturated heterocycles. The van der Waals surface area contributed by atoms with E-state index in [1.165, 1.54) is 56.4 Å². The molecule has 0 bridgehead atoms. The average molecular weight is 274 g/mol. The first-order chi connectivity index (χ1) is 9.79. The van der Waals surface area contributed by atoms with Crippen molar-refractivity contribution in [3.05, 3.63) is 29.3 Å². The quantitative estimate of drug-likeness (QED) is 0.913. The lowest BCUT2D eigenvalue weighted by atomic mass is 9.95. The number of benzene rings is 1. The number of hydrogen-bond donors (Lipinski definition) is 1. The largest absolute Gasteiger partial charge is 0.496 e. The SMILES string of the molecule is COc1ccc(C(C2CCCN2)N2CCCC2)cc1C. The average Bonchev–Trinajstić information content (AvgIpc) is 3.13. The van der Waals surface area contributed by atoms with Gasteiger partial charge in [0.25, 0.3) is 0 Å². The smallest absolute Gasteiger partial charge is 0.121 e. The lowest BCUT2D eigenvalue weighted by Crippen LogP contribution is -2.39. The molecule has 0 radical (unpaired) electrons. The maximum Gasteiger partial charge on any atom is 0.121 e. The summed E-state index contributed by atoms with van der Waals surface area (Å²) in [7, 11) is 1.75. The molecule has 0 amide bonds. The Morgan fingerprint density at radius 3 is 2.65 bits per heavy atom. The molecule has 2 unspecified atom stereocenters. The summed E-state index contributed by atoms with van der Waals surface area (Å²) in [5, 5.41) is 3.71. The van der Waals surface area contributed by atoms with Crippen molar-refractivity contribution in [3.63, 3.8) is 0 Å². The van der Waals surface area contributed by atoms with E-state index in [0.29, 0.717) is 12.1 Å². The van der Waals surface area contributed by atoms with Gasteiger partial charge in [-0.2, -0.15) is 0 Å². The molecule has 1 aromatic carbocycles. The number of methoxy groups -OCH3 is 1. The Labute approximate surface area is 122 Å². The van der Waals surface area contributed by atoms with Crippen LogP contribution in [0.15, 0.2) is 18.2 Å². The molecule has 110 valence electrons. The second-order valence-electron chi connectivity index (χ2n) is 6.12. The van der Waals surface area contributed by atoms with Crippen molar-refractivity contribution in [1.29, 1.82) is 0 Å². The lowest BCUT2D eigenvalue weighted by molar-refractivity contribution is 0.202. The zero-order chi connectivity index (χ0) is 13.9. The summed E-state index contributed by atoms with van der Waals surface area (Å²) in [5.74, 6) is 0.994. The number of nitrogens with one attached hydrogen (secondary N) is 1. The molecule has 0 aliphatic carbocycles. The molecule has 0 aromatic heterocycles. The van der Waals surface area contributed by atoms with Crippen molar-refractivity contribution in [1.82, 2.24) is 10.2 Å². The predicted octanol–water partition coefficient (Wildman–Crippen LogP) is 2.89. The van der Waals surface area contributed by atoms with Crippen LogP contribution in [-0.2, 0) is 0 Å². The molecule has 1 aromatic rings. The van der Waals surface area contributed by atoms with Crippen LogP contribution in [0.2, 0.25) is 0 Å². The van der Waals surface area contributed by atoms with Gasteiger partial charge >= 0.3 is 0 Å². The number of ether oxygens (including phenoxy) is 1. The molecule has 2 atom stereocenters. The van der Waals surface area contributed by atoms with Gasteiger partial charge in [-0.3, -0.25) is 4.90 Å². The molecule has 20 heavy (non-hydrogen) atoms. The minimum atomic E-state index is 0.532. The maximum atomic E-state index is 5.40. The normalized spacial score (nSPS) is 25.0.